The summed E-state index contributed by atoms with van der Waals surface area (Å²) in [6.45, 7) is 1.93. The second kappa shape index (κ2) is 6.67. The molecule has 8 heteroatoms. The molecule has 0 atom stereocenters. The van der Waals surface area contributed by atoms with E-state index in [0.29, 0.717) is 16.8 Å². The molecule has 0 unspecified atom stereocenters. The van der Waals surface area contributed by atoms with Gasteiger partial charge in [-0.15, -0.1) is 23.1 Å². The van der Waals surface area contributed by atoms with Crippen molar-refractivity contribution in [2.75, 3.05) is 23.5 Å². The van der Waals surface area contributed by atoms with Crippen LogP contribution in [0.3, 0.4) is 0 Å². The van der Waals surface area contributed by atoms with E-state index < -0.39 is 0 Å². The monoisotopic (exact) mass is 351 g/mol. The SMILES string of the molecule is Cc1sc(NC(=O)CN2CSCC2=O)nc1-c1ccc(F)cc1. The van der Waals surface area contributed by atoms with Crippen LogP contribution in [-0.2, 0) is 9.59 Å². The fourth-order valence-corrected chi connectivity index (χ4v) is 3.95. The Morgan fingerprint density at radius 3 is 2.78 bits per heavy atom. The second-order valence-electron chi connectivity index (χ2n) is 5.05. The molecule has 0 spiro atoms. The fourth-order valence-electron chi connectivity index (χ4n) is 2.20. The van der Waals surface area contributed by atoms with Gasteiger partial charge < -0.3 is 10.2 Å². The number of nitrogens with zero attached hydrogens (tertiary/aromatic N) is 2. The quantitative estimate of drug-likeness (QED) is 0.920. The van der Waals surface area contributed by atoms with Gasteiger partial charge in [-0.25, -0.2) is 9.37 Å². The lowest BCUT2D eigenvalue weighted by Gasteiger charge is -2.13. The number of carbonyl (C=O) groups excluding carboxylic acids is 2. The van der Waals surface area contributed by atoms with Gasteiger partial charge in [0, 0.05) is 10.4 Å². The van der Waals surface area contributed by atoms with Gasteiger partial charge in [0.2, 0.25) is 11.8 Å². The van der Waals surface area contributed by atoms with Gasteiger partial charge in [0.1, 0.15) is 12.4 Å². The van der Waals surface area contributed by atoms with Crippen molar-refractivity contribution < 1.29 is 14.0 Å². The zero-order valence-electron chi connectivity index (χ0n) is 12.3. The molecule has 0 aliphatic carbocycles. The van der Waals surface area contributed by atoms with Crippen LogP contribution < -0.4 is 5.32 Å². The van der Waals surface area contributed by atoms with Crippen LogP contribution in [0.2, 0.25) is 0 Å². The second-order valence-corrected chi connectivity index (χ2v) is 7.21. The minimum Gasteiger partial charge on any atom is -0.323 e. The van der Waals surface area contributed by atoms with E-state index in [2.05, 4.69) is 10.3 Å². The van der Waals surface area contributed by atoms with Gasteiger partial charge in [-0.05, 0) is 31.2 Å². The number of carbonyl (C=O) groups is 2. The predicted octanol–water partition coefficient (Wildman–Crippen LogP) is 2.73. The molecular weight excluding hydrogens is 337 g/mol. The zero-order chi connectivity index (χ0) is 16.4. The Balaban J connectivity index is 1.69. The summed E-state index contributed by atoms with van der Waals surface area (Å²) >= 11 is 2.85. The molecule has 3 rings (SSSR count). The molecule has 5 nitrogen and oxygen atoms in total. The number of benzene rings is 1. The zero-order valence-corrected chi connectivity index (χ0v) is 14.0. The van der Waals surface area contributed by atoms with Gasteiger partial charge >= 0.3 is 0 Å². The van der Waals surface area contributed by atoms with Crippen molar-refractivity contribution in [2.45, 2.75) is 6.92 Å². The number of anilines is 1. The van der Waals surface area contributed by atoms with E-state index in [1.807, 2.05) is 6.92 Å². The number of rotatable bonds is 4. The smallest absolute Gasteiger partial charge is 0.245 e. The standard InChI is InChI=1S/C15H14FN3O2S2/c1-9-14(10-2-4-11(16)5-3-10)18-15(23-9)17-12(20)6-19-8-22-7-13(19)21/h2-5H,6-8H2,1H3,(H,17,18,20). The highest BCUT2D eigenvalue weighted by atomic mass is 32.2. The summed E-state index contributed by atoms with van der Waals surface area (Å²) in [5.41, 5.74) is 1.52. The molecule has 1 fully saturated rings. The normalized spacial score (nSPS) is 14.3. The highest BCUT2D eigenvalue weighted by Crippen LogP contribution is 2.30. The van der Waals surface area contributed by atoms with Crippen molar-refractivity contribution >= 4 is 40.0 Å². The molecule has 1 aromatic heterocycles. The number of hydrogen-bond acceptors (Lipinski definition) is 5. The van der Waals surface area contributed by atoms with E-state index in [1.54, 1.807) is 12.1 Å². The summed E-state index contributed by atoms with van der Waals surface area (Å²) in [5.74, 6) is 0.388. The molecule has 2 heterocycles. The van der Waals surface area contributed by atoms with Gasteiger partial charge in [-0.3, -0.25) is 9.59 Å². The minimum atomic E-state index is -0.302. The number of aromatic nitrogens is 1. The summed E-state index contributed by atoms with van der Waals surface area (Å²) in [4.78, 5) is 30.4. The Morgan fingerprint density at radius 1 is 1.39 bits per heavy atom. The number of nitrogens with one attached hydrogen (secondary N) is 1. The molecule has 1 N–H and O–H groups in total. The first-order chi connectivity index (χ1) is 11.0. The molecule has 0 saturated carbocycles. The molecule has 23 heavy (non-hydrogen) atoms. The summed E-state index contributed by atoms with van der Waals surface area (Å²) in [6, 6.07) is 6.07. The van der Waals surface area contributed by atoms with E-state index in [0.717, 1.165) is 16.1 Å². The molecule has 1 aliphatic rings. The molecule has 2 amide bonds. The van der Waals surface area contributed by atoms with E-state index in [-0.39, 0.29) is 24.2 Å². The Labute approximate surface area is 140 Å². The molecule has 0 bridgehead atoms. The molecule has 1 aliphatic heterocycles. The largest absolute Gasteiger partial charge is 0.323 e. The number of hydrogen-bond donors (Lipinski definition) is 1. The maximum atomic E-state index is 13.0. The first-order valence-electron chi connectivity index (χ1n) is 6.91. The third kappa shape index (κ3) is 3.70. The summed E-state index contributed by atoms with van der Waals surface area (Å²) in [7, 11) is 0. The number of thioether (sulfide) groups is 1. The number of halogens is 1. The maximum absolute atomic E-state index is 13.0. The summed E-state index contributed by atoms with van der Waals surface area (Å²) < 4.78 is 13.0. The van der Waals surface area contributed by atoms with Crippen LogP contribution in [0.4, 0.5) is 9.52 Å². The van der Waals surface area contributed by atoms with Crippen LogP contribution in [0.1, 0.15) is 4.88 Å². The van der Waals surface area contributed by atoms with Crippen LogP contribution in [0.5, 0.6) is 0 Å². The first kappa shape index (κ1) is 15.9. The first-order valence-corrected chi connectivity index (χ1v) is 8.89. The van der Waals surface area contributed by atoms with Crippen LogP contribution >= 0.6 is 23.1 Å². The van der Waals surface area contributed by atoms with Crippen molar-refractivity contribution in [2.24, 2.45) is 0 Å². The molecule has 2 aromatic rings. The third-order valence-corrected chi connectivity index (χ3v) is 5.15. The maximum Gasteiger partial charge on any atom is 0.245 e. The van der Waals surface area contributed by atoms with Crippen molar-refractivity contribution in [1.29, 1.82) is 0 Å². The molecule has 120 valence electrons. The van der Waals surface area contributed by atoms with E-state index in [9.17, 15) is 14.0 Å². The predicted molar refractivity (Wildman–Crippen MR) is 89.9 cm³/mol. The van der Waals surface area contributed by atoms with Gasteiger partial charge in [0.25, 0.3) is 0 Å². The number of thiazole rings is 1. The van der Waals surface area contributed by atoms with Gasteiger partial charge in [0.05, 0.1) is 17.3 Å². The minimum absolute atomic E-state index is 0.0209. The Hall–Kier alpha value is -1.93. The molecule has 0 radical (unpaired) electrons. The third-order valence-electron chi connectivity index (χ3n) is 3.32. The highest BCUT2D eigenvalue weighted by Gasteiger charge is 2.23. The fraction of sp³-hybridized carbons (Fsp3) is 0.267. The Kier molecular flexibility index (Phi) is 4.63. The average molecular weight is 351 g/mol. The Bertz CT molecular complexity index is 746. The number of aryl methyl sites for hydroxylation is 1. The van der Waals surface area contributed by atoms with Crippen LogP contribution in [0, 0.1) is 12.7 Å². The topological polar surface area (TPSA) is 62.3 Å². The van der Waals surface area contributed by atoms with Gasteiger partial charge in [-0.1, -0.05) is 0 Å². The van der Waals surface area contributed by atoms with Crippen molar-refractivity contribution in [3.8, 4) is 11.3 Å². The van der Waals surface area contributed by atoms with Crippen molar-refractivity contribution in [3.05, 3.63) is 35.0 Å². The van der Waals surface area contributed by atoms with Gasteiger partial charge in [-0.2, -0.15) is 0 Å². The molecule has 1 saturated heterocycles. The average Bonchev–Trinajstić information content (AvgIpc) is 3.06. The van der Waals surface area contributed by atoms with Crippen LogP contribution in [0.15, 0.2) is 24.3 Å². The molecule has 1 aromatic carbocycles. The van der Waals surface area contributed by atoms with E-state index >= 15 is 0 Å². The summed E-state index contributed by atoms with van der Waals surface area (Å²) in [5, 5.41) is 3.20. The van der Waals surface area contributed by atoms with Crippen molar-refractivity contribution in [3.63, 3.8) is 0 Å². The van der Waals surface area contributed by atoms with Crippen LogP contribution in [-0.4, -0.2) is 39.9 Å². The number of amides is 2. The lowest BCUT2D eigenvalue weighted by Crippen LogP contribution is -2.34. The lowest BCUT2D eigenvalue weighted by molar-refractivity contribution is -0.130. The lowest BCUT2D eigenvalue weighted by atomic mass is 10.1. The van der Waals surface area contributed by atoms with Crippen LogP contribution in [0.25, 0.3) is 11.3 Å². The van der Waals surface area contributed by atoms with Gasteiger partial charge in [0.15, 0.2) is 5.13 Å². The van der Waals surface area contributed by atoms with Crippen molar-refractivity contribution in [1.82, 2.24) is 9.88 Å². The van der Waals surface area contributed by atoms with E-state index in [4.69, 9.17) is 0 Å². The highest BCUT2D eigenvalue weighted by molar-refractivity contribution is 8.00. The molecular formula is C15H14FN3O2S2. The Morgan fingerprint density at radius 2 is 2.13 bits per heavy atom. The van der Waals surface area contributed by atoms with E-state index in [1.165, 1.54) is 40.1 Å². The summed E-state index contributed by atoms with van der Waals surface area (Å²) in [6.07, 6.45) is 0.